The summed E-state index contributed by atoms with van der Waals surface area (Å²) < 4.78 is 5.39. The van der Waals surface area contributed by atoms with E-state index in [1.54, 1.807) is 0 Å². The van der Waals surface area contributed by atoms with Crippen LogP contribution in [0.1, 0.15) is 31.2 Å². The van der Waals surface area contributed by atoms with E-state index < -0.39 is 5.54 Å². The van der Waals surface area contributed by atoms with E-state index in [2.05, 4.69) is 6.58 Å². The molecule has 1 aromatic rings. The quantitative estimate of drug-likeness (QED) is 0.653. The van der Waals surface area contributed by atoms with E-state index in [1.165, 1.54) is 0 Å². The van der Waals surface area contributed by atoms with Crippen LogP contribution in [0.25, 0.3) is 0 Å². The number of allylic oxidation sites excluding steroid dienone is 1. The highest BCUT2D eigenvalue weighted by molar-refractivity contribution is 5.81. The van der Waals surface area contributed by atoms with E-state index in [9.17, 15) is 4.79 Å². The fourth-order valence-electron chi connectivity index (χ4n) is 2.76. The SMILES string of the molecule is C=CCC1CCCC1(N)C(=O)OCc1ccccc1. The zero-order chi connectivity index (χ0) is 13.7. The maximum atomic E-state index is 12.2. The van der Waals surface area contributed by atoms with Crippen molar-refractivity contribution < 1.29 is 9.53 Å². The van der Waals surface area contributed by atoms with Crippen molar-refractivity contribution in [2.75, 3.05) is 0 Å². The minimum absolute atomic E-state index is 0.160. The summed E-state index contributed by atoms with van der Waals surface area (Å²) >= 11 is 0. The van der Waals surface area contributed by atoms with Gasteiger partial charge < -0.3 is 10.5 Å². The molecule has 0 radical (unpaired) electrons. The van der Waals surface area contributed by atoms with E-state index in [1.807, 2.05) is 36.4 Å². The maximum absolute atomic E-state index is 12.2. The Hall–Kier alpha value is -1.61. The van der Waals surface area contributed by atoms with Gasteiger partial charge in [0.1, 0.15) is 12.1 Å². The van der Waals surface area contributed by atoms with Crippen LogP contribution in [-0.2, 0) is 16.1 Å². The summed E-state index contributed by atoms with van der Waals surface area (Å²) in [6.45, 7) is 4.03. The number of carbonyl (C=O) groups is 1. The van der Waals surface area contributed by atoms with Gasteiger partial charge in [-0.15, -0.1) is 6.58 Å². The highest BCUT2D eigenvalue weighted by Gasteiger charge is 2.46. The number of hydrogen-bond donors (Lipinski definition) is 1. The zero-order valence-corrected chi connectivity index (χ0v) is 11.2. The Morgan fingerprint density at radius 1 is 1.47 bits per heavy atom. The Morgan fingerprint density at radius 3 is 2.89 bits per heavy atom. The minimum atomic E-state index is -0.830. The summed E-state index contributed by atoms with van der Waals surface area (Å²) in [6, 6.07) is 9.67. The van der Waals surface area contributed by atoms with Crippen molar-refractivity contribution in [3.63, 3.8) is 0 Å². The fourth-order valence-corrected chi connectivity index (χ4v) is 2.76. The van der Waals surface area contributed by atoms with Crippen LogP contribution in [0, 0.1) is 5.92 Å². The van der Waals surface area contributed by atoms with Gasteiger partial charge in [-0.05, 0) is 30.7 Å². The van der Waals surface area contributed by atoms with Gasteiger partial charge in [0.05, 0.1) is 0 Å². The highest BCUT2D eigenvalue weighted by atomic mass is 16.5. The van der Waals surface area contributed by atoms with Crippen molar-refractivity contribution in [1.29, 1.82) is 0 Å². The number of nitrogens with two attached hydrogens (primary N) is 1. The molecule has 0 spiro atoms. The molecule has 0 saturated heterocycles. The first kappa shape index (κ1) is 13.8. The van der Waals surface area contributed by atoms with Gasteiger partial charge in [0.15, 0.2) is 0 Å². The molecule has 2 N–H and O–H groups in total. The average molecular weight is 259 g/mol. The Balaban J connectivity index is 1.97. The molecule has 0 aromatic heterocycles. The van der Waals surface area contributed by atoms with Crippen molar-refractivity contribution in [3.05, 3.63) is 48.6 Å². The van der Waals surface area contributed by atoms with Crippen LogP contribution >= 0.6 is 0 Å². The third kappa shape index (κ3) is 3.04. The molecular weight excluding hydrogens is 238 g/mol. The standard InChI is InChI=1S/C16H21NO2/c1-2-7-14-10-6-11-16(14,17)15(18)19-12-13-8-4-3-5-9-13/h2-5,8-9,14H,1,6-7,10-12,17H2. The number of hydrogen-bond acceptors (Lipinski definition) is 3. The molecule has 2 atom stereocenters. The van der Waals surface area contributed by atoms with Crippen molar-refractivity contribution >= 4 is 5.97 Å². The highest BCUT2D eigenvalue weighted by Crippen LogP contribution is 2.37. The third-order valence-corrected chi connectivity index (χ3v) is 3.92. The van der Waals surface area contributed by atoms with Gasteiger partial charge in [-0.1, -0.05) is 42.8 Å². The first-order valence-corrected chi connectivity index (χ1v) is 6.78. The summed E-state index contributed by atoms with van der Waals surface area (Å²) in [5.41, 5.74) is 6.43. The molecule has 3 nitrogen and oxygen atoms in total. The number of benzene rings is 1. The lowest BCUT2D eigenvalue weighted by Gasteiger charge is -2.28. The van der Waals surface area contributed by atoms with Crippen LogP contribution in [0.2, 0.25) is 0 Å². The lowest BCUT2D eigenvalue weighted by Crippen LogP contribution is -2.51. The van der Waals surface area contributed by atoms with Crippen molar-refractivity contribution in [2.24, 2.45) is 11.7 Å². The molecule has 0 amide bonds. The van der Waals surface area contributed by atoms with Crippen LogP contribution in [0.5, 0.6) is 0 Å². The number of rotatable bonds is 5. The fraction of sp³-hybridized carbons (Fsp3) is 0.438. The molecule has 1 fully saturated rings. The van der Waals surface area contributed by atoms with Crippen LogP contribution < -0.4 is 5.73 Å². The van der Waals surface area contributed by atoms with E-state index in [0.717, 1.165) is 24.8 Å². The summed E-state index contributed by atoms with van der Waals surface area (Å²) in [4.78, 5) is 12.2. The molecule has 0 aliphatic heterocycles. The topological polar surface area (TPSA) is 52.3 Å². The average Bonchev–Trinajstić information content (AvgIpc) is 2.80. The van der Waals surface area contributed by atoms with Gasteiger partial charge in [-0.25, -0.2) is 0 Å². The molecule has 19 heavy (non-hydrogen) atoms. The van der Waals surface area contributed by atoms with Crippen molar-refractivity contribution in [2.45, 2.75) is 37.8 Å². The summed E-state index contributed by atoms with van der Waals surface area (Å²) in [5.74, 6) is -0.117. The van der Waals surface area contributed by atoms with Crippen LogP contribution in [-0.4, -0.2) is 11.5 Å². The van der Waals surface area contributed by atoms with Crippen LogP contribution in [0.3, 0.4) is 0 Å². The van der Waals surface area contributed by atoms with E-state index in [0.29, 0.717) is 13.0 Å². The zero-order valence-electron chi connectivity index (χ0n) is 11.2. The van der Waals surface area contributed by atoms with E-state index >= 15 is 0 Å². The molecule has 2 unspecified atom stereocenters. The summed E-state index contributed by atoms with van der Waals surface area (Å²) in [5, 5.41) is 0. The summed E-state index contributed by atoms with van der Waals surface area (Å²) in [6.07, 6.45) is 5.27. The maximum Gasteiger partial charge on any atom is 0.326 e. The second-order valence-corrected chi connectivity index (χ2v) is 5.22. The molecule has 2 rings (SSSR count). The molecular formula is C16H21NO2. The Kier molecular flexibility index (Phi) is 4.38. The van der Waals surface area contributed by atoms with Crippen LogP contribution in [0.15, 0.2) is 43.0 Å². The second kappa shape index (κ2) is 6.02. The van der Waals surface area contributed by atoms with Gasteiger partial charge in [0.2, 0.25) is 0 Å². The second-order valence-electron chi connectivity index (χ2n) is 5.22. The molecule has 1 aliphatic carbocycles. The lowest BCUT2D eigenvalue weighted by molar-refractivity contribution is -0.153. The molecule has 0 bridgehead atoms. The van der Waals surface area contributed by atoms with Crippen LogP contribution in [0.4, 0.5) is 0 Å². The first-order valence-electron chi connectivity index (χ1n) is 6.78. The third-order valence-electron chi connectivity index (χ3n) is 3.92. The smallest absolute Gasteiger partial charge is 0.326 e. The number of ether oxygens (including phenoxy) is 1. The minimum Gasteiger partial charge on any atom is -0.459 e. The van der Waals surface area contributed by atoms with Crippen molar-refractivity contribution in [3.8, 4) is 0 Å². The molecule has 0 heterocycles. The van der Waals surface area contributed by atoms with Gasteiger partial charge in [0, 0.05) is 0 Å². The largest absolute Gasteiger partial charge is 0.459 e. The lowest BCUT2D eigenvalue weighted by atomic mass is 9.86. The molecule has 3 heteroatoms. The Bertz CT molecular complexity index is 443. The van der Waals surface area contributed by atoms with E-state index in [-0.39, 0.29) is 11.9 Å². The van der Waals surface area contributed by atoms with Crippen molar-refractivity contribution in [1.82, 2.24) is 0 Å². The Morgan fingerprint density at radius 2 is 2.21 bits per heavy atom. The van der Waals surface area contributed by atoms with Gasteiger partial charge in [-0.2, -0.15) is 0 Å². The van der Waals surface area contributed by atoms with Gasteiger partial charge in [-0.3, -0.25) is 4.79 Å². The summed E-state index contributed by atoms with van der Waals surface area (Å²) in [7, 11) is 0. The molecule has 102 valence electrons. The molecule has 1 saturated carbocycles. The molecule has 1 aliphatic rings. The monoisotopic (exact) mass is 259 g/mol. The first-order chi connectivity index (χ1) is 9.16. The Labute approximate surface area is 114 Å². The normalized spacial score (nSPS) is 26.1. The number of carbonyl (C=O) groups excluding carboxylic acids is 1. The predicted octanol–water partition coefficient (Wildman–Crippen LogP) is 2.80. The van der Waals surface area contributed by atoms with Gasteiger partial charge in [0.25, 0.3) is 0 Å². The number of esters is 1. The van der Waals surface area contributed by atoms with Gasteiger partial charge >= 0.3 is 5.97 Å². The molecule has 1 aromatic carbocycles. The predicted molar refractivity (Wildman–Crippen MR) is 75.3 cm³/mol. The van der Waals surface area contributed by atoms with E-state index in [4.69, 9.17) is 10.5 Å².